The second-order valence-corrected chi connectivity index (χ2v) is 5.42. The molecule has 0 bridgehead atoms. The Morgan fingerprint density at radius 1 is 1.43 bits per heavy atom. The Bertz CT molecular complexity index is 529. The van der Waals surface area contributed by atoms with Gasteiger partial charge in [-0.2, -0.15) is 0 Å². The fourth-order valence-electron chi connectivity index (χ4n) is 1.90. The number of nitro benzene ring substituents is 1. The van der Waals surface area contributed by atoms with E-state index in [0.29, 0.717) is 17.8 Å². The van der Waals surface area contributed by atoms with E-state index >= 15 is 0 Å². The van der Waals surface area contributed by atoms with Crippen LogP contribution in [0.25, 0.3) is 0 Å². The summed E-state index contributed by atoms with van der Waals surface area (Å²) in [6, 6.07) is 4.20. The quantitative estimate of drug-likeness (QED) is 0.614. The highest BCUT2D eigenvalue weighted by Crippen LogP contribution is 2.27. The van der Waals surface area contributed by atoms with Crippen molar-refractivity contribution in [3.63, 3.8) is 0 Å². The van der Waals surface area contributed by atoms with Gasteiger partial charge in [-0.05, 0) is 18.1 Å². The number of nitrogens with one attached hydrogen (secondary N) is 1. The van der Waals surface area contributed by atoms with Crippen LogP contribution >= 0.6 is 0 Å². The topological polar surface area (TPSA) is 102 Å². The van der Waals surface area contributed by atoms with Crippen molar-refractivity contribution in [1.29, 1.82) is 0 Å². The lowest BCUT2D eigenvalue weighted by molar-refractivity contribution is -0.384. The summed E-state index contributed by atoms with van der Waals surface area (Å²) in [5, 5.41) is 14.2. The molecule has 1 aromatic rings. The van der Waals surface area contributed by atoms with E-state index in [1.165, 1.54) is 23.1 Å². The molecular weight excluding hydrogens is 272 g/mol. The number of hydrogen-bond donors (Lipinski definition) is 2. The molecule has 21 heavy (non-hydrogen) atoms. The maximum absolute atomic E-state index is 12.0. The van der Waals surface area contributed by atoms with E-state index < -0.39 is 4.92 Å². The molecule has 1 unspecified atom stereocenters. The summed E-state index contributed by atoms with van der Waals surface area (Å²) < 4.78 is 0. The van der Waals surface area contributed by atoms with E-state index in [4.69, 9.17) is 5.73 Å². The first-order valence-electron chi connectivity index (χ1n) is 6.74. The zero-order valence-corrected chi connectivity index (χ0v) is 12.8. The maximum Gasteiger partial charge on any atom is 0.292 e. The molecule has 0 spiro atoms. The lowest BCUT2D eigenvalue weighted by Crippen LogP contribution is -2.34. The van der Waals surface area contributed by atoms with Crippen molar-refractivity contribution >= 4 is 17.3 Å². The third kappa shape index (κ3) is 4.16. The van der Waals surface area contributed by atoms with Gasteiger partial charge in [-0.15, -0.1) is 0 Å². The van der Waals surface area contributed by atoms with Crippen molar-refractivity contribution in [2.75, 3.05) is 26.0 Å². The predicted molar refractivity (Wildman–Crippen MR) is 82.4 cm³/mol. The Hall–Kier alpha value is -2.15. The van der Waals surface area contributed by atoms with Crippen molar-refractivity contribution in [3.05, 3.63) is 33.9 Å². The summed E-state index contributed by atoms with van der Waals surface area (Å²) >= 11 is 0. The van der Waals surface area contributed by atoms with Gasteiger partial charge in [0, 0.05) is 38.3 Å². The minimum atomic E-state index is -0.472. The molecule has 1 amide bonds. The highest BCUT2D eigenvalue weighted by atomic mass is 16.6. The van der Waals surface area contributed by atoms with E-state index in [0.717, 1.165) is 0 Å². The fraction of sp³-hybridized carbons (Fsp3) is 0.500. The van der Waals surface area contributed by atoms with Crippen LogP contribution in [0.15, 0.2) is 18.2 Å². The van der Waals surface area contributed by atoms with Crippen molar-refractivity contribution in [1.82, 2.24) is 4.90 Å². The number of nitrogens with zero attached hydrogens (tertiary/aromatic N) is 2. The fourth-order valence-corrected chi connectivity index (χ4v) is 1.90. The Kier molecular flexibility index (Phi) is 5.66. The molecule has 0 aliphatic heterocycles. The molecule has 0 aromatic heterocycles. The maximum atomic E-state index is 12.0. The zero-order chi connectivity index (χ0) is 16.2. The molecular formula is C14H22N4O3. The van der Waals surface area contributed by atoms with E-state index in [2.05, 4.69) is 5.32 Å². The first-order chi connectivity index (χ1) is 9.77. The van der Waals surface area contributed by atoms with Gasteiger partial charge >= 0.3 is 0 Å². The summed E-state index contributed by atoms with van der Waals surface area (Å²) in [6.07, 6.45) is 0. The number of carbonyl (C=O) groups excluding carboxylic acids is 1. The Balaban J connectivity index is 3.21. The van der Waals surface area contributed by atoms with Crippen LogP contribution in [-0.2, 0) is 0 Å². The number of benzene rings is 1. The summed E-state index contributed by atoms with van der Waals surface area (Å²) in [7, 11) is 3.27. The third-order valence-electron chi connectivity index (χ3n) is 3.25. The second-order valence-electron chi connectivity index (χ2n) is 5.42. The first kappa shape index (κ1) is 16.9. The number of nitrogens with two attached hydrogens (primary N) is 1. The minimum absolute atomic E-state index is 0.0654. The van der Waals surface area contributed by atoms with E-state index in [-0.39, 0.29) is 23.6 Å². The van der Waals surface area contributed by atoms with Gasteiger partial charge in [0.05, 0.1) is 4.92 Å². The molecule has 7 nitrogen and oxygen atoms in total. The average molecular weight is 294 g/mol. The molecule has 116 valence electrons. The number of carbonyl (C=O) groups is 1. The van der Waals surface area contributed by atoms with Gasteiger partial charge in [0.1, 0.15) is 5.69 Å². The van der Waals surface area contributed by atoms with Crippen LogP contribution in [0.4, 0.5) is 11.4 Å². The highest BCUT2D eigenvalue weighted by Gasteiger charge is 2.21. The van der Waals surface area contributed by atoms with E-state index in [1.54, 1.807) is 14.1 Å². The monoisotopic (exact) mass is 294 g/mol. The SMILES string of the molecule is CC(C)C(CN)Nc1cc(C(=O)N(C)C)ccc1[N+](=O)[O-]. The van der Waals surface area contributed by atoms with Gasteiger partial charge < -0.3 is 16.0 Å². The van der Waals surface area contributed by atoms with Gasteiger partial charge in [-0.1, -0.05) is 13.8 Å². The van der Waals surface area contributed by atoms with Crippen LogP contribution < -0.4 is 11.1 Å². The molecule has 0 radical (unpaired) electrons. The molecule has 0 aliphatic rings. The molecule has 1 rings (SSSR count). The molecule has 7 heteroatoms. The predicted octanol–water partition coefficient (Wildman–Crippen LogP) is 1.69. The van der Waals surface area contributed by atoms with Crippen molar-refractivity contribution in [2.24, 2.45) is 11.7 Å². The van der Waals surface area contributed by atoms with Crippen LogP contribution in [0.2, 0.25) is 0 Å². The summed E-state index contributed by atoms with van der Waals surface area (Å²) in [5.74, 6) is 0.00426. The van der Waals surface area contributed by atoms with Crippen molar-refractivity contribution < 1.29 is 9.72 Å². The smallest absolute Gasteiger partial charge is 0.292 e. The third-order valence-corrected chi connectivity index (χ3v) is 3.25. The Labute approximate surface area is 124 Å². The largest absolute Gasteiger partial charge is 0.375 e. The normalized spacial score (nSPS) is 12.1. The van der Waals surface area contributed by atoms with Crippen LogP contribution in [0.5, 0.6) is 0 Å². The number of rotatable bonds is 6. The Morgan fingerprint density at radius 2 is 2.05 bits per heavy atom. The molecule has 0 heterocycles. The van der Waals surface area contributed by atoms with Gasteiger partial charge in [0.15, 0.2) is 0 Å². The summed E-state index contributed by atoms with van der Waals surface area (Å²) in [4.78, 5) is 24.0. The van der Waals surface area contributed by atoms with Gasteiger partial charge in [0.2, 0.25) is 0 Å². The van der Waals surface area contributed by atoms with Crippen LogP contribution in [0.3, 0.4) is 0 Å². The lowest BCUT2D eigenvalue weighted by Gasteiger charge is -2.22. The van der Waals surface area contributed by atoms with Crippen LogP contribution in [0.1, 0.15) is 24.2 Å². The Morgan fingerprint density at radius 3 is 2.48 bits per heavy atom. The molecule has 1 aromatic carbocycles. The number of amides is 1. The molecule has 3 N–H and O–H groups in total. The van der Waals surface area contributed by atoms with Crippen molar-refractivity contribution in [2.45, 2.75) is 19.9 Å². The van der Waals surface area contributed by atoms with Crippen LogP contribution in [-0.4, -0.2) is 42.4 Å². The van der Waals surface area contributed by atoms with Gasteiger partial charge in [0.25, 0.3) is 11.6 Å². The number of anilines is 1. The number of hydrogen-bond acceptors (Lipinski definition) is 5. The molecule has 0 fully saturated rings. The summed E-state index contributed by atoms with van der Waals surface area (Å²) in [5.41, 5.74) is 6.33. The number of nitro groups is 1. The standard InChI is InChI=1S/C14H22N4O3/c1-9(2)12(8-15)16-11-7-10(14(19)17(3)4)5-6-13(11)18(20)21/h5-7,9,12,16H,8,15H2,1-4H3. The average Bonchev–Trinajstić information content (AvgIpc) is 2.42. The molecule has 0 saturated carbocycles. The molecule has 1 atom stereocenters. The van der Waals surface area contributed by atoms with Crippen molar-refractivity contribution in [3.8, 4) is 0 Å². The first-order valence-corrected chi connectivity index (χ1v) is 6.74. The molecule has 0 aliphatic carbocycles. The highest BCUT2D eigenvalue weighted by molar-refractivity contribution is 5.95. The van der Waals surface area contributed by atoms with E-state index in [9.17, 15) is 14.9 Å². The van der Waals surface area contributed by atoms with E-state index in [1.807, 2.05) is 13.8 Å². The minimum Gasteiger partial charge on any atom is -0.375 e. The second kappa shape index (κ2) is 7.03. The van der Waals surface area contributed by atoms with Gasteiger partial charge in [-0.25, -0.2) is 0 Å². The van der Waals surface area contributed by atoms with Gasteiger partial charge in [-0.3, -0.25) is 14.9 Å². The zero-order valence-electron chi connectivity index (χ0n) is 12.8. The lowest BCUT2D eigenvalue weighted by atomic mass is 10.0. The van der Waals surface area contributed by atoms with Crippen LogP contribution in [0, 0.1) is 16.0 Å². The molecule has 0 saturated heterocycles. The summed E-state index contributed by atoms with van der Waals surface area (Å²) in [6.45, 7) is 4.30.